The molecule has 1 heterocycles. The highest BCUT2D eigenvalue weighted by Gasteiger charge is 2.26. The summed E-state index contributed by atoms with van der Waals surface area (Å²) in [6, 6.07) is 13.8. The average molecular weight is 338 g/mol. The number of fused-ring (bicyclic) bond motifs is 1. The molecule has 2 amide bonds. The number of amides is 2. The zero-order chi connectivity index (χ0) is 17.8. The number of hydrogen-bond donors (Lipinski definition) is 2. The smallest absolute Gasteiger partial charge is 0.231 e. The number of ether oxygens (including phenoxy) is 1. The number of rotatable bonds is 4. The third-order valence-electron chi connectivity index (χ3n) is 3.96. The fourth-order valence-corrected chi connectivity index (χ4v) is 2.57. The van der Waals surface area contributed by atoms with Crippen LogP contribution in [0.5, 0.6) is 5.75 Å². The molecule has 0 saturated heterocycles. The van der Waals surface area contributed by atoms with Crippen LogP contribution in [0.25, 0.3) is 0 Å². The van der Waals surface area contributed by atoms with E-state index in [2.05, 4.69) is 10.6 Å². The van der Waals surface area contributed by atoms with Crippen LogP contribution < -0.4 is 15.4 Å². The van der Waals surface area contributed by atoms with Crippen LogP contribution in [0.1, 0.15) is 23.7 Å². The lowest BCUT2D eigenvalue weighted by Crippen LogP contribution is -2.29. The molecule has 0 aliphatic carbocycles. The van der Waals surface area contributed by atoms with Crippen LogP contribution in [-0.2, 0) is 9.59 Å². The minimum atomic E-state index is -0.580. The molecule has 1 atom stereocenters. The molecule has 0 fully saturated rings. The third kappa shape index (κ3) is 4.03. The highest BCUT2D eigenvalue weighted by molar-refractivity contribution is 6.00. The molecule has 6 heteroatoms. The maximum atomic E-state index is 12.3. The molecule has 0 bridgehead atoms. The summed E-state index contributed by atoms with van der Waals surface area (Å²) in [6.45, 7) is 1.62. The minimum Gasteiger partial charge on any atom is -0.491 e. The molecule has 2 N–H and O–H groups in total. The van der Waals surface area contributed by atoms with Crippen molar-refractivity contribution in [1.82, 2.24) is 0 Å². The van der Waals surface area contributed by atoms with E-state index in [1.165, 1.54) is 6.92 Å². The molecule has 128 valence electrons. The highest BCUT2D eigenvalue weighted by Crippen LogP contribution is 2.28. The van der Waals surface area contributed by atoms with Gasteiger partial charge in [-0.05, 0) is 43.3 Å². The van der Waals surface area contributed by atoms with E-state index in [1.807, 2.05) is 6.07 Å². The lowest BCUT2D eigenvalue weighted by atomic mass is 10.1. The quantitative estimate of drug-likeness (QED) is 0.840. The van der Waals surface area contributed by atoms with E-state index in [-0.39, 0.29) is 30.6 Å². The van der Waals surface area contributed by atoms with Gasteiger partial charge >= 0.3 is 0 Å². The van der Waals surface area contributed by atoms with E-state index in [1.54, 1.807) is 42.5 Å². The first-order valence-corrected chi connectivity index (χ1v) is 7.96. The summed E-state index contributed by atoms with van der Waals surface area (Å²) in [5.74, 6) is -0.551. The van der Waals surface area contributed by atoms with E-state index in [0.29, 0.717) is 22.7 Å². The Morgan fingerprint density at radius 1 is 1.16 bits per heavy atom. The minimum absolute atomic E-state index is 0.00822. The normalized spacial score (nSPS) is 16.0. The summed E-state index contributed by atoms with van der Waals surface area (Å²) >= 11 is 0. The average Bonchev–Trinajstić information content (AvgIpc) is 2.74. The van der Waals surface area contributed by atoms with Crippen molar-refractivity contribution in [2.75, 3.05) is 17.2 Å². The molecule has 0 spiro atoms. The number of Topliss-reactive ketones (excluding diaryl/α,β-unsaturated/α-hetero) is 1. The predicted molar refractivity (Wildman–Crippen MR) is 93.7 cm³/mol. The number of ketones is 1. The van der Waals surface area contributed by atoms with Crippen LogP contribution >= 0.6 is 0 Å². The lowest BCUT2D eigenvalue weighted by molar-refractivity contribution is -0.125. The molecule has 25 heavy (non-hydrogen) atoms. The van der Waals surface area contributed by atoms with Crippen LogP contribution in [0.15, 0.2) is 48.5 Å². The Morgan fingerprint density at radius 3 is 2.60 bits per heavy atom. The highest BCUT2D eigenvalue weighted by atomic mass is 16.5. The van der Waals surface area contributed by atoms with Gasteiger partial charge in [0.05, 0.1) is 11.6 Å². The number of carbonyl (C=O) groups excluding carboxylic acids is 3. The summed E-state index contributed by atoms with van der Waals surface area (Å²) in [5.41, 5.74) is 1.76. The fourth-order valence-electron chi connectivity index (χ4n) is 2.57. The number of benzene rings is 2. The molecule has 2 aromatic rings. The second-order valence-electron chi connectivity index (χ2n) is 5.88. The van der Waals surface area contributed by atoms with Crippen molar-refractivity contribution in [1.29, 1.82) is 0 Å². The van der Waals surface area contributed by atoms with Gasteiger partial charge in [0.2, 0.25) is 11.8 Å². The molecule has 6 nitrogen and oxygen atoms in total. The van der Waals surface area contributed by atoms with Crippen LogP contribution in [0.4, 0.5) is 11.4 Å². The van der Waals surface area contributed by atoms with E-state index in [4.69, 9.17) is 4.74 Å². The number of carbonyl (C=O) groups is 3. The predicted octanol–water partition coefficient (Wildman–Crippen LogP) is 2.87. The number of anilines is 2. The van der Waals surface area contributed by atoms with Gasteiger partial charge < -0.3 is 15.4 Å². The van der Waals surface area contributed by atoms with Crippen molar-refractivity contribution in [3.8, 4) is 5.75 Å². The Morgan fingerprint density at radius 2 is 1.88 bits per heavy atom. The first-order valence-electron chi connectivity index (χ1n) is 7.96. The van der Waals surface area contributed by atoms with Gasteiger partial charge in [0.15, 0.2) is 5.78 Å². The standard InChI is InChI=1S/C19H18N2O4/c1-12(22)13-6-8-15(9-7-13)20-18(23)10-14-11-25-17-5-3-2-4-16(17)21-19(14)24/h2-9,14H,10-11H2,1H3,(H,20,23)(H,21,24)/t14-/m1/s1. The maximum absolute atomic E-state index is 12.3. The molecule has 2 aromatic carbocycles. The van der Waals surface area contributed by atoms with Gasteiger partial charge in [-0.1, -0.05) is 12.1 Å². The molecular weight excluding hydrogens is 320 g/mol. The summed E-state index contributed by atoms with van der Waals surface area (Å²) in [7, 11) is 0. The van der Waals surface area contributed by atoms with E-state index in [0.717, 1.165) is 0 Å². The summed E-state index contributed by atoms with van der Waals surface area (Å²) in [4.78, 5) is 35.8. The Hall–Kier alpha value is -3.15. The summed E-state index contributed by atoms with van der Waals surface area (Å²) < 4.78 is 5.62. The topological polar surface area (TPSA) is 84.5 Å². The third-order valence-corrected chi connectivity index (χ3v) is 3.96. The van der Waals surface area contributed by atoms with Crippen molar-refractivity contribution >= 4 is 29.0 Å². The molecule has 0 saturated carbocycles. The Bertz CT molecular complexity index is 814. The zero-order valence-electron chi connectivity index (χ0n) is 13.7. The fraction of sp³-hybridized carbons (Fsp3) is 0.211. The van der Waals surface area contributed by atoms with Crippen LogP contribution in [0.3, 0.4) is 0 Å². The second kappa shape index (κ2) is 7.17. The van der Waals surface area contributed by atoms with Gasteiger partial charge in [-0.2, -0.15) is 0 Å². The maximum Gasteiger partial charge on any atom is 0.231 e. The van der Waals surface area contributed by atoms with Gasteiger partial charge in [-0.3, -0.25) is 14.4 Å². The van der Waals surface area contributed by atoms with Gasteiger partial charge in [-0.15, -0.1) is 0 Å². The summed E-state index contributed by atoms with van der Waals surface area (Å²) in [5, 5.41) is 5.51. The van der Waals surface area contributed by atoms with Crippen molar-refractivity contribution in [2.24, 2.45) is 5.92 Å². The number of para-hydroxylation sites is 2. The van der Waals surface area contributed by atoms with Gasteiger partial charge in [0.25, 0.3) is 0 Å². The molecule has 0 unspecified atom stereocenters. The van der Waals surface area contributed by atoms with Crippen molar-refractivity contribution in [3.05, 3.63) is 54.1 Å². The van der Waals surface area contributed by atoms with Crippen LogP contribution in [0.2, 0.25) is 0 Å². The summed E-state index contributed by atoms with van der Waals surface area (Å²) in [6.07, 6.45) is 0.00822. The Kier molecular flexibility index (Phi) is 4.79. The van der Waals surface area contributed by atoms with E-state index >= 15 is 0 Å². The van der Waals surface area contributed by atoms with Crippen molar-refractivity contribution in [3.63, 3.8) is 0 Å². The second-order valence-corrected chi connectivity index (χ2v) is 5.88. The molecule has 1 aliphatic rings. The largest absolute Gasteiger partial charge is 0.491 e. The molecule has 0 aromatic heterocycles. The molecule has 0 radical (unpaired) electrons. The van der Waals surface area contributed by atoms with Gasteiger partial charge in [-0.25, -0.2) is 0 Å². The SMILES string of the molecule is CC(=O)c1ccc(NC(=O)C[C@@H]2COc3ccccc3NC2=O)cc1. The van der Waals surface area contributed by atoms with Crippen molar-refractivity contribution in [2.45, 2.75) is 13.3 Å². The number of hydrogen-bond acceptors (Lipinski definition) is 4. The van der Waals surface area contributed by atoms with E-state index < -0.39 is 5.92 Å². The van der Waals surface area contributed by atoms with Crippen molar-refractivity contribution < 1.29 is 19.1 Å². The van der Waals surface area contributed by atoms with E-state index in [9.17, 15) is 14.4 Å². The van der Waals surface area contributed by atoms with Gasteiger partial charge in [0.1, 0.15) is 12.4 Å². The first kappa shape index (κ1) is 16.7. The number of nitrogens with one attached hydrogen (secondary N) is 2. The van der Waals surface area contributed by atoms with Crippen LogP contribution in [0, 0.1) is 5.92 Å². The van der Waals surface area contributed by atoms with Gasteiger partial charge in [0, 0.05) is 17.7 Å². The zero-order valence-corrected chi connectivity index (χ0v) is 13.7. The Balaban J connectivity index is 1.61. The monoisotopic (exact) mass is 338 g/mol. The molecular formula is C19H18N2O4. The molecule has 1 aliphatic heterocycles. The molecule has 3 rings (SSSR count). The van der Waals surface area contributed by atoms with Crippen LogP contribution in [-0.4, -0.2) is 24.2 Å². The Labute approximate surface area is 145 Å². The first-order chi connectivity index (χ1) is 12.0. The lowest BCUT2D eigenvalue weighted by Gasteiger charge is -2.13.